The molecule has 0 spiro atoms. The fourth-order valence-corrected chi connectivity index (χ4v) is 5.79. The van der Waals surface area contributed by atoms with Crippen molar-refractivity contribution in [3.05, 3.63) is 29.3 Å². The minimum atomic E-state index is -5.78. The highest BCUT2D eigenvalue weighted by molar-refractivity contribution is 9.09. The summed E-state index contributed by atoms with van der Waals surface area (Å²) in [5, 5.41) is 0.174. The zero-order valence-electron chi connectivity index (χ0n) is 24.9. The van der Waals surface area contributed by atoms with Gasteiger partial charge < -0.3 is 19.3 Å². The van der Waals surface area contributed by atoms with Crippen molar-refractivity contribution >= 4 is 27.5 Å². The Kier molecular flexibility index (Phi) is 14.9. The molecule has 1 heterocycles. The number of anilines is 1. The third-order valence-corrected chi connectivity index (χ3v) is 8.19. The van der Waals surface area contributed by atoms with Crippen molar-refractivity contribution in [2.24, 2.45) is 0 Å². The smallest absolute Gasteiger partial charge is 0.367 e. The Morgan fingerprint density at radius 1 is 0.929 bits per heavy atom. The molecule has 42 heavy (non-hydrogen) atoms. The number of benzene rings is 1. The summed E-state index contributed by atoms with van der Waals surface area (Å²) < 4.78 is 96.1. The molecule has 0 aromatic heterocycles. The number of unbranched alkanes of at least 4 members (excludes halogenated alkanes) is 7. The Bertz CT molecular complexity index is 946. The van der Waals surface area contributed by atoms with Gasteiger partial charge in [-0.2, -0.15) is 26.3 Å². The molecule has 0 bridgehead atoms. The van der Waals surface area contributed by atoms with Crippen molar-refractivity contribution in [1.82, 2.24) is 4.90 Å². The first-order valence-corrected chi connectivity index (χ1v) is 16.0. The molecule has 0 N–H and O–H groups in total. The van der Waals surface area contributed by atoms with E-state index in [-0.39, 0.29) is 30.3 Å². The highest BCUT2D eigenvalue weighted by Crippen LogP contribution is 2.53. The number of carbonyl (C=O) groups is 1. The molecule has 1 aromatic rings. The zero-order valence-corrected chi connectivity index (χ0v) is 26.5. The van der Waals surface area contributed by atoms with Crippen molar-refractivity contribution < 1.29 is 40.6 Å². The Balaban J connectivity index is 2.21. The summed E-state index contributed by atoms with van der Waals surface area (Å²) in [6, 6.07) is 2.96. The predicted molar refractivity (Wildman–Crippen MR) is 156 cm³/mol. The van der Waals surface area contributed by atoms with Gasteiger partial charge in [0.1, 0.15) is 6.79 Å². The second-order valence-corrected chi connectivity index (χ2v) is 11.5. The monoisotopic (exact) mass is 674 g/mol. The third kappa shape index (κ3) is 9.48. The van der Waals surface area contributed by atoms with Crippen LogP contribution >= 0.6 is 15.9 Å². The van der Waals surface area contributed by atoms with Crippen LogP contribution in [0.2, 0.25) is 0 Å². The van der Waals surface area contributed by atoms with Crippen LogP contribution in [-0.4, -0.2) is 67.6 Å². The minimum Gasteiger partial charge on any atom is -0.367 e. The second kappa shape index (κ2) is 17.1. The number of aryl methyl sites for hydroxylation is 1. The van der Waals surface area contributed by atoms with E-state index in [1.54, 1.807) is 4.90 Å². The molecule has 0 radical (unpaired) electrons. The molecule has 1 aromatic carbocycles. The van der Waals surface area contributed by atoms with E-state index < -0.39 is 30.3 Å². The van der Waals surface area contributed by atoms with Gasteiger partial charge in [-0.1, -0.05) is 93.3 Å². The van der Waals surface area contributed by atoms with E-state index in [0.29, 0.717) is 43.7 Å². The van der Waals surface area contributed by atoms with Crippen LogP contribution in [-0.2, 0) is 26.3 Å². The molecule has 0 aliphatic carbocycles. The maximum Gasteiger partial charge on any atom is 0.430 e. The Hall–Kier alpha value is -1.53. The number of piperazine rings is 1. The average molecular weight is 676 g/mol. The largest absolute Gasteiger partial charge is 0.430 e. The number of carbonyl (C=O) groups excluding carboxylic acids is 1. The molecule has 242 valence electrons. The highest BCUT2D eigenvalue weighted by atomic mass is 79.9. The molecule has 1 aliphatic rings. The van der Waals surface area contributed by atoms with E-state index in [1.807, 2.05) is 18.7 Å². The number of amides is 1. The summed E-state index contributed by atoms with van der Waals surface area (Å²) >= 11 is 3.16. The van der Waals surface area contributed by atoms with Crippen LogP contribution in [0.3, 0.4) is 0 Å². The van der Waals surface area contributed by atoms with Crippen molar-refractivity contribution in [1.29, 1.82) is 0 Å². The first-order valence-electron chi connectivity index (χ1n) is 14.9. The summed E-state index contributed by atoms with van der Waals surface area (Å²) in [5.41, 5.74) is -4.63. The molecule has 5 nitrogen and oxygen atoms in total. The lowest BCUT2D eigenvalue weighted by Gasteiger charge is -2.42. The fourth-order valence-electron chi connectivity index (χ4n) is 5.47. The maximum absolute atomic E-state index is 14.4. The topological polar surface area (TPSA) is 42.0 Å². The third-order valence-electron chi connectivity index (χ3n) is 7.71. The van der Waals surface area contributed by atoms with E-state index >= 15 is 0 Å². The molecule has 1 fully saturated rings. The summed E-state index contributed by atoms with van der Waals surface area (Å²) in [6.45, 7) is 5.89. The van der Waals surface area contributed by atoms with Gasteiger partial charge >= 0.3 is 12.4 Å². The Morgan fingerprint density at radius 3 is 2.10 bits per heavy atom. The minimum absolute atomic E-state index is 0.0164. The standard InChI is InChI=1S/C30H45BrF6N2O3/c1-4-6-7-8-9-10-11-12-18-41-22-42-28(29(32,33)34,30(35,36)37)25-14-15-26(24(19-25)13-5-2)38-16-17-39(23(3)21-38)27(40)20-31/h14-15,19,23H,4-13,16-18,20-22H2,1-3H3/t23-/m0/s1. The molecule has 12 heteroatoms. The van der Waals surface area contributed by atoms with E-state index in [1.165, 1.54) is 12.5 Å². The molecule has 1 atom stereocenters. The molecule has 1 amide bonds. The van der Waals surface area contributed by atoms with Gasteiger partial charge in [0, 0.05) is 43.5 Å². The van der Waals surface area contributed by atoms with Crippen molar-refractivity contribution in [2.75, 3.05) is 43.3 Å². The lowest BCUT2D eigenvalue weighted by Crippen LogP contribution is -2.56. The summed E-state index contributed by atoms with van der Waals surface area (Å²) in [4.78, 5) is 15.8. The molecule has 1 aliphatic heterocycles. The normalized spacial score (nSPS) is 16.8. The highest BCUT2D eigenvalue weighted by Gasteiger charge is 2.73. The lowest BCUT2D eigenvalue weighted by atomic mass is 9.89. The van der Waals surface area contributed by atoms with Gasteiger partial charge in [0.15, 0.2) is 0 Å². The van der Waals surface area contributed by atoms with Gasteiger partial charge in [-0.15, -0.1) is 0 Å². The van der Waals surface area contributed by atoms with Gasteiger partial charge in [-0.3, -0.25) is 4.79 Å². The Labute approximate surface area is 254 Å². The molecular weight excluding hydrogens is 630 g/mol. The van der Waals surface area contributed by atoms with Crippen molar-refractivity contribution in [3.8, 4) is 0 Å². The molecule has 0 saturated carbocycles. The molecular formula is C30H45BrF6N2O3. The van der Waals surface area contributed by atoms with Crippen LogP contribution in [0.5, 0.6) is 0 Å². The number of alkyl halides is 7. The SMILES string of the molecule is CCCCCCCCCCOCOC(c1ccc(N2CCN(C(=O)CBr)[C@@H](C)C2)c(CCC)c1)(C(F)(F)F)C(F)(F)F. The van der Waals surface area contributed by atoms with Crippen LogP contribution in [0.15, 0.2) is 18.2 Å². The van der Waals surface area contributed by atoms with E-state index in [4.69, 9.17) is 4.74 Å². The van der Waals surface area contributed by atoms with Gasteiger partial charge in [-0.25, -0.2) is 0 Å². The quantitative estimate of drug-likeness (QED) is 0.0719. The van der Waals surface area contributed by atoms with Gasteiger partial charge in [0.25, 0.3) is 5.60 Å². The number of hydrogen-bond donors (Lipinski definition) is 0. The van der Waals surface area contributed by atoms with Gasteiger partial charge in [0.05, 0.1) is 5.33 Å². The van der Waals surface area contributed by atoms with Crippen LogP contribution in [0.1, 0.15) is 89.7 Å². The predicted octanol–water partition coefficient (Wildman–Crippen LogP) is 8.52. The summed E-state index contributed by atoms with van der Waals surface area (Å²) in [5.74, 6) is -0.0757. The summed E-state index contributed by atoms with van der Waals surface area (Å²) in [6.07, 6.45) is -2.87. The van der Waals surface area contributed by atoms with Gasteiger partial charge in [-0.05, 0) is 31.4 Å². The Morgan fingerprint density at radius 2 is 1.55 bits per heavy atom. The van der Waals surface area contributed by atoms with Gasteiger partial charge in [0.2, 0.25) is 5.91 Å². The fraction of sp³-hybridized carbons (Fsp3) is 0.767. The molecule has 0 unspecified atom stereocenters. The first-order chi connectivity index (χ1) is 19.8. The number of halogens is 7. The molecule has 2 rings (SSSR count). The number of ether oxygens (including phenoxy) is 2. The summed E-state index contributed by atoms with van der Waals surface area (Å²) in [7, 11) is 0. The van der Waals surface area contributed by atoms with Crippen molar-refractivity contribution in [3.63, 3.8) is 0 Å². The number of nitrogens with zero attached hydrogens (tertiary/aromatic N) is 2. The first kappa shape index (κ1) is 36.7. The average Bonchev–Trinajstić information content (AvgIpc) is 2.92. The van der Waals surface area contributed by atoms with Crippen LogP contribution < -0.4 is 4.90 Å². The second-order valence-electron chi connectivity index (χ2n) is 10.9. The van der Waals surface area contributed by atoms with Crippen LogP contribution in [0, 0.1) is 0 Å². The van der Waals surface area contributed by atoms with E-state index in [0.717, 1.165) is 50.7 Å². The zero-order chi connectivity index (χ0) is 31.4. The number of rotatable bonds is 17. The van der Waals surface area contributed by atoms with Crippen LogP contribution in [0.25, 0.3) is 0 Å². The number of hydrogen-bond acceptors (Lipinski definition) is 4. The van der Waals surface area contributed by atoms with E-state index in [2.05, 4.69) is 27.6 Å². The van der Waals surface area contributed by atoms with Crippen LogP contribution in [0.4, 0.5) is 32.0 Å². The van der Waals surface area contributed by atoms with Crippen molar-refractivity contribution in [2.45, 2.75) is 109 Å². The van der Waals surface area contributed by atoms with E-state index in [9.17, 15) is 31.1 Å². The lowest BCUT2D eigenvalue weighted by molar-refractivity contribution is -0.401. The maximum atomic E-state index is 14.4. The molecule has 1 saturated heterocycles.